The normalized spacial score (nSPS) is 32.3. The predicted molar refractivity (Wildman–Crippen MR) is 101 cm³/mol. The molecule has 2 aliphatic rings. The Kier molecular flexibility index (Phi) is 9.03. The minimum Gasteiger partial charge on any atom is -0.491 e. The van der Waals surface area contributed by atoms with Crippen LogP contribution in [0.15, 0.2) is 11.8 Å². The Labute approximate surface area is 161 Å². The van der Waals surface area contributed by atoms with E-state index in [1.165, 1.54) is 7.11 Å². The number of alkyl halides is 1. The first kappa shape index (κ1) is 22.2. The Hall–Kier alpha value is -1.14. The molecular weight excluding hydrogens is 351 g/mol. The maximum atomic E-state index is 14.9. The van der Waals surface area contributed by atoms with Gasteiger partial charge in [0, 0.05) is 18.8 Å². The molecule has 0 radical (unpaired) electrons. The zero-order valence-electron chi connectivity index (χ0n) is 16.6. The molecule has 1 saturated heterocycles. The molecule has 6 heteroatoms. The Morgan fingerprint density at radius 1 is 1.37 bits per heavy atom. The van der Waals surface area contributed by atoms with Gasteiger partial charge in [-0.15, -0.1) is 0 Å². The van der Waals surface area contributed by atoms with Gasteiger partial charge in [0.25, 0.3) is 0 Å². The zero-order valence-corrected chi connectivity index (χ0v) is 16.6. The van der Waals surface area contributed by atoms with E-state index in [-0.39, 0.29) is 30.0 Å². The number of allylic oxidation sites excluding steroid dienone is 2. The molecule has 2 rings (SSSR count). The lowest BCUT2D eigenvalue weighted by Crippen LogP contribution is -2.27. The maximum Gasteiger partial charge on any atom is 0.305 e. The van der Waals surface area contributed by atoms with Crippen LogP contribution in [0.1, 0.15) is 71.1 Å². The van der Waals surface area contributed by atoms with E-state index in [2.05, 4.69) is 11.7 Å². The van der Waals surface area contributed by atoms with E-state index >= 15 is 0 Å². The minimum absolute atomic E-state index is 0.174. The molecule has 0 aromatic carbocycles. The molecule has 2 N–H and O–H groups in total. The zero-order chi connectivity index (χ0) is 19.8. The van der Waals surface area contributed by atoms with Gasteiger partial charge >= 0.3 is 5.97 Å². The fourth-order valence-corrected chi connectivity index (χ4v) is 4.36. The third-order valence-corrected chi connectivity index (χ3v) is 5.92. The number of rotatable bonds is 11. The number of hydrogen-bond donors (Lipinski definition) is 2. The summed E-state index contributed by atoms with van der Waals surface area (Å²) < 4.78 is 25.3. The van der Waals surface area contributed by atoms with Crippen molar-refractivity contribution in [1.29, 1.82) is 0 Å². The van der Waals surface area contributed by atoms with Crippen LogP contribution in [-0.2, 0) is 14.3 Å². The van der Waals surface area contributed by atoms with Crippen LogP contribution in [0.5, 0.6) is 0 Å². The third-order valence-electron chi connectivity index (χ3n) is 5.92. The lowest BCUT2D eigenvalue weighted by atomic mass is 9.85. The molecule has 0 unspecified atom stereocenters. The van der Waals surface area contributed by atoms with Crippen molar-refractivity contribution in [1.82, 2.24) is 0 Å². The first-order valence-corrected chi connectivity index (χ1v) is 10.4. The Bertz CT molecular complexity index is 495. The van der Waals surface area contributed by atoms with Crippen molar-refractivity contribution >= 4 is 5.97 Å². The van der Waals surface area contributed by atoms with Crippen LogP contribution in [0.2, 0.25) is 0 Å². The predicted octanol–water partition coefficient (Wildman–Crippen LogP) is 3.67. The van der Waals surface area contributed by atoms with Crippen LogP contribution >= 0.6 is 0 Å². The number of ether oxygens (including phenoxy) is 2. The van der Waals surface area contributed by atoms with Crippen molar-refractivity contribution in [3.05, 3.63) is 11.8 Å². The number of aliphatic hydroxyl groups excluding tert-OH is 2. The summed E-state index contributed by atoms with van der Waals surface area (Å²) in [6, 6.07) is 0. The van der Waals surface area contributed by atoms with Crippen LogP contribution in [0, 0.1) is 11.8 Å². The van der Waals surface area contributed by atoms with E-state index in [4.69, 9.17) is 4.74 Å². The molecular formula is C21H35FO5. The SMILES string of the molecule is CCCCC[C@H](O)CC[C@@H]1[C@H]2[C@H](F)/C(=C/CCCC(=O)OC)O[C@@H]2C[C@H]1O. The molecule has 0 spiro atoms. The van der Waals surface area contributed by atoms with Crippen LogP contribution < -0.4 is 0 Å². The first-order chi connectivity index (χ1) is 13.0. The summed E-state index contributed by atoms with van der Waals surface area (Å²) in [5.41, 5.74) is 0. The quantitative estimate of drug-likeness (QED) is 0.419. The van der Waals surface area contributed by atoms with Crippen molar-refractivity contribution in [3.63, 3.8) is 0 Å². The number of aliphatic hydroxyl groups is 2. The molecule has 0 bridgehead atoms. The Morgan fingerprint density at radius 2 is 2.15 bits per heavy atom. The lowest BCUT2D eigenvalue weighted by molar-refractivity contribution is -0.140. The monoisotopic (exact) mass is 386 g/mol. The molecule has 0 amide bonds. The van der Waals surface area contributed by atoms with Crippen molar-refractivity contribution in [3.8, 4) is 0 Å². The van der Waals surface area contributed by atoms with Crippen LogP contribution in [0.4, 0.5) is 4.39 Å². The second-order valence-corrected chi connectivity index (χ2v) is 7.90. The van der Waals surface area contributed by atoms with Gasteiger partial charge in [0.2, 0.25) is 0 Å². The second-order valence-electron chi connectivity index (χ2n) is 7.90. The summed E-state index contributed by atoms with van der Waals surface area (Å²) in [5.74, 6) is -0.438. The molecule has 27 heavy (non-hydrogen) atoms. The average Bonchev–Trinajstić information content (AvgIpc) is 3.12. The average molecular weight is 387 g/mol. The summed E-state index contributed by atoms with van der Waals surface area (Å²) in [4.78, 5) is 11.1. The number of hydrogen-bond acceptors (Lipinski definition) is 5. The highest BCUT2D eigenvalue weighted by atomic mass is 19.1. The van der Waals surface area contributed by atoms with Gasteiger partial charge in [-0.05, 0) is 44.1 Å². The largest absolute Gasteiger partial charge is 0.491 e. The van der Waals surface area contributed by atoms with Crippen molar-refractivity contribution < 1.29 is 28.9 Å². The number of fused-ring (bicyclic) bond motifs is 1. The van der Waals surface area contributed by atoms with Gasteiger partial charge in [-0.3, -0.25) is 4.79 Å². The highest BCUT2D eigenvalue weighted by Crippen LogP contribution is 2.48. The van der Waals surface area contributed by atoms with Gasteiger partial charge in [-0.2, -0.15) is 0 Å². The molecule has 0 aromatic rings. The summed E-state index contributed by atoms with van der Waals surface area (Å²) in [5, 5.41) is 20.5. The molecule has 2 fully saturated rings. The smallest absolute Gasteiger partial charge is 0.305 e. The Balaban J connectivity index is 1.82. The number of methoxy groups -OCH3 is 1. The number of unbranched alkanes of at least 4 members (excludes halogenated alkanes) is 3. The summed E-state index contributed by atoms with van der Waals surface area (Å²) in [7, 11) is 1.35. The Morgan fingerprint density at radius 3 is 2.85 bits per heavy atom. The molecule has 1 aliphatic heterocycles. The summed E-state index contributed by atoms with van der Waals surface area (Å²) >= 11 is 0. The van der Waals surface area contributed by atoms with Crippen molar-refractivity contribution in [2.75, 3.05) is 7.11 Å². The third kappa shape index (κ3) is 6.18. The fourth-order valence-electron chi connectivity index (χ4n) is 4.36. The molecule has 1 aliphatic carbocycles. The number of carbonyl (C=O) groups excluding carboxylic acids is 1. The topological polar surface area (TPSA) is 76.0 Å². The number of halogens is 1. The van der Waals surface area contributed by atoms with E-state index in [0.717, 1.165) is 25.7 Å². The summed E-state index contributed by atoms with van der Waals surface area (Å²) in [6.07, 6.45) is 6.41. The van der Waals surface area contributed by atoms with Crippen LogP contribution in [-0.4, -0.2) is 47.8 Å². The summed E-state index contributed by atoms with van der Waals surface area (Å²) in [6.45, 7) is 2.13. The minimum atomic E-state index is -1.22. The van der Waals surface area contributed by atoms with E-state index in [0.29, 0.717) is 44.3 Å². The number of esters is 1. The van der Waals surface area contributed by atoms with Crippen molar-refractivity contribution in [2.45, 2.75) is 95.6 Å². The fraction of sp³-hybridized carbons (Fsp3) is 0.857. The maximum absolute atomic E-state index is 14.9. The van der Waals surface area contributed by atoms with E-state index < -0.39 is 12.3 Å². The van der Waals surface area contributed by atoms with Crippen LogP contribution in [0.25, 0.3) is 0 Å². The van der Waals surface area contributed by atoms with Crippen LogP contribution in [0.3, 0.4) is 0 Å². The standard InChI is InChI=1S/C21H35FO5/c1-3-4-5-8-14(23)11-12-15-16(24)13-18-20(15)21(22)17(27-18)9-6-7-10-19(25)26-2/h9,14-16,18,20-21,23-24H,3-8,10-13H2,1-2H3/b17-9-/t14-,15-,16+,18+,20+,21+/m0/s1. The molecule has 156 valence electrons. The highest BCUT2D eigenvalue weighted by molar-refractivity contribution is 5.69. The van der Waals surface area contributed by atoms with Gasteiger partial charge < -0.3 is 19.7 Å². The lowest BCUT2D eigenvalue weighted by Gasteiger charge is -2.22. The van der Waals surface area contributed by atoms with Gasteiger partial charge in [0.1, 0.15) is 11.9 Å². The van der Waals surface area contributed by atoms with Gasteiger partial charge in [0.05, 0.1) is 19.3 Å². The van der Waals surface area contributed by atoms with E-state index in [9.17, 15) is 19.4 Å². The highest BCUT2D eigenvalue weighted by Gasteiger charge is 2.53. The molecule has 1 saturated carbocycles. The molecule has 5 nitrogen and oxygen atoms in total. The van der Waals surface area contributed by atoms with E-state index in [1.54, 1.807) is 6.08 Å². The first-order valence-electron chi connectivity index (χ1n) is 10.4. The molecule has 0 aromatic heterocycles. The van der Waals surface area contributed by atoms with Gasteiger partial charge in [-0.1, -0.05) is 26.2 Å². The molecule has 1 heterocycles. The van der Waals surface area contributed by atoms with Gasteiger partial charge in [-0.25, -0.2) is 4.39 Å². The number of carbonyl (C=O) groups is 1. The van der Waals surface area contributed by atoms with E-state index in [1.807, 2.05) is 0 Å². The van der Waals surface area contributed by atoms with Gasteiger partial charge in [0.15, 0.2) is 6.17 Å². The van der Waals surface area contributed by atoms with Crippen molar-refractivity contribution in [2.24, 2.45) is 11.8 Å². The molecule has 6 atom stereocenters. The second kappa shape index (κ2) is 11.0.